The lowest BCUT2D eigenvalue weighted by Crippen LogP contribution is -2.15. The minimum Gasteiger partial charge on any atom is -0.494 e. The molecule has 7 nitrogen and oxygen atoms in total. The summed E-state index contributed by atoms with van der Waals surface area (Å²) in [5.41, 5.74) is 9.36. The highest BCUT2D eigenvalue weighted by Gasteiger charge is 2.18. The monoisotopic (exact) mass is 385 g/mol. The summed E-state index contributed by atoms with van der Waals surface area (Å²) in [6, 6.07) is 5.73. The first kappa shape index (κ1) is 17.8. The van der Waals surface area contributed by atoms with Crippen LogP contribution in [0.15, 0.2) is 35.1 Å². The fourth-order valence-corrected chi connectivity index (χ4v) is 5.79. The number of aryl methyl sites for hydroxylation is 1. The number of methoxy groups -OCH3 is 1. The van der Waals surface area contributed by atoms with Crippen LogP contribution in [-0.4, -0.2) is 37.4 Å². The van der Waals surface area contributed by atoms with Gasteiger partial charge in [0.2, 0.25) is 0 Å². The van der Waals surface area contributed by atoms with Gasteiger partial charge in [-0.05, 0) is 30.5 Å². The molecule has 1 aliphatic rings. The lowest BCUT2D eigenvalue weighted by atomic mass is 10.1. The van der Waals surface area contributed by atoms with Crippen LogP contribution in [0.3, 0.4) is 0 Å². The number of benzene rings is 1. The maximum absolute atomic E-state index is 13.0. The molecule has 27 heavy (non-hydrogen) atoms. The Kier molecular flexibility index (Phi) is 4.51. The molecule has 4 rings (SSSR count). The molecule has 142 valence electrons. The number of ether oxygens (including phenoxy) is 1. The molecule has 0 spiro atoms. The van der Waals surface area contributed by atoms with Crippen molar-refractivity contribution in [3.8, 4) is 16.9 Å². The lowest BCUT2D eigenvalue weighted by molar-refractivity contribution is 0.416. The highest BCUT2D eigenvalue weighted by Crippen LogP contribution is 2.38. The van der Waals surface area contributed by atoms with Crippen LogP contribution in [0.25, 0.3) is 22.2 Å². The topological polar surface area (TPSA) is 95.4 Å². The minimum absolute atomic E-state index is 0.438. The number of rotatable bonds is 3. The zero-order valence-electron chi connectivity index (χ0n) is 15.5. The molecule has 0 amide bonds. The molecule has 1 aromatic carbocycles. The second-order valence-electron chi connectivity index (χ2n) is 6.83. The first-order chi connectivity index (χ1) is 13.0. The largest absolute Gasteiger partial charge is 0.494 e. The molecule has 0 radical (unpaired) electrons. The van der Waals surface area contributed by atoms with E-state index in [1.807, 2.05) is 36.0 Å². The number of nitrogens with zero attached hydrogens (tertiary/aromatic N) is 4. The van der Waals surface area contributed by atoms with Crippen LogP contribution >= 0.6 is 0 Å². The molecule has 0 saturated carbocycles. The van der Waals surface area contributed by atoms with Gasteiger partial charge in [0.25, 0.3) is 0 Å². The summed E-state index contributed by atoms with van der Waals surface area (Å²) in [6.45, 7) is 0. The maximum Gasteiger partial charge on any atom is 0.145 e. The Morgan fingerprint density at radius 2 is 2.00 bits per heavy atom. The number of aromatic nitrogens is 3. The van der Waals surface area contributed by atoms with Crippen LogP contribution in [0.5, 0.6) is 5.75 Å². The van der Waals surface area contributed by atoms with Crippen molar-refractivity contribution in [1.29, 1.82) is 0 Å². The van der Waals surface area contributed by atoms with E-state index in [1.54, 1.807) is 7.11 Å². The van der Waals surface area contributed by atoms with Gasteiger partial charge in [-0.3, -0.25) is 0 Å². The van der Waals surface area contributed by atoms with E-state index in [0.717, 1.165) is 41.4 Å². The Bertz CT molecular complexity index is 1120. The summed E-state index contributed by atoms with van der Waals surface area (Å²) in [5.74, 6) is 2.37. The summed E-state index contributed by atoms with van der Waals surface area (Å²) in [7, 11) is 1.34. The lowest BCUT2D eigenvalue weighted by Gasteiger charge is -2.16. The van der Waals surface area contributed by atoms with Gasteiger partial charge >= 0.3 is 0 Å². The summed E-state index contributed by atoms with van der Waals surface area (Å²) in [5, 5.41) is 0.810. The minimum atomic E-state index is -2.19. The van der Waals surface area contributed by atoms with E-state index in [0.29, 0.717) is 28.8 Å². The number of nitrogens with two attached hydrogens (primary N) is 1. The Hall–Kier alpha value is -2.61. The van der Waals surface area contributed by atoms with Crippen molar-refractivity contribution in [1.82, 2.24) is 14.5 Å². The van der Waals surface area contributed by atoms with Gasteiger partial charge in [0.1, 0.15) is 29.2 Å². The predicted molar refractivity (Wildman–Crippen MR) is 109 cm³/mol. The number of hydrogen-bond donors (Lipinski definition) is 1. The molecule has 3 aromatic rings. The van der Waals surface area contributed by atoms with Gasteiger partial charge in [0.05, 0.1) is 22.2 Å². The van der Waals surface area contributed by atoms with Crippen molar-refractivity contribution in [3.63, 3.8) is 0 Å². The van der Waals surface area contributed by atoms with Crippen molar-refractivity contribution in [2.24, 2.45) is 11.4 Å². The first-order valence-electron chi connectivity index (χ1n) is 8.97. The smallest absolute Gasteiger partial charge is 0.145 e. The molecule has 8 heteroatoms. The van der Waals surface area contributed by atoms with E-state index in [4.69, 9.17) is 10.5 Å². The van der Waals surface area contributed by atoms with Gasteiger partial charge in [-0.25, -0.2) is 14.2 Å². The van der Waals surface area contributed by atoms with Gasteiger partial charge in [0, 0.05) is 30.3 Å². The summed E-state index contributed by atoms with van der Waals surface area (Å²) < 4.78 is 25.0. The van der Waals surface area contributed by atoms with Crippen molar-refractivity contribution in [3.05, 3.63) is 30.7 Å². The third kappa shape index (κ3) is 3.25. The van der Waals surface area contributed by atoms with E-state index < -0.39 is 9.73 Å². The van der Waals surface area contributed by atoms with Gasteiger partial charge in [-0.15, -0.1) is 0 Å². The van der Waals surface area contributed by atoms with E-state index >= 15 is 0 Å². The van der Waals surface area contributed by atoms with Crippen LogP contribution < -0.4 is 10.5 Å². The molecule has 1 aliphatic heterocycles. The fourth-order valence-electron chi connectivity index (χ4n) is 3.58. The normalized spacial score (nSPS) is 16.4. The quantitative estimate of drug-likeness (QED) is 0.744. The Balaban J connectivity index is 1.83. The average molecular weight is 385 g/mol. The number of nitrogen functional groups attached to an aromatic ring is 1. The Morgan fingerprint density at radius 3 is 2.74 bits per heavy atom. The fraction of sp³-hybridized carbons (Fsp3) is 0.368. The average Bonchev–Trinajstić information content (AvgIpc) is 3.00. The van der Waals surface area contributed by atoms with Crippen molar-refractivity contribution in [2.45, 2.75) is 19.3 Å². The second kappa shape index (κ2) is 6.84. The molecule has 1 fully saturated rings. The highest BCUT2D eigenvalue weighted by molar-refractivity contribution is 7.93. The second-order valence-corrected chi connectivity index (χ2v) is 9.37. The predicted octanol–water partition coefficient (Wildman–Crippen LogP) is 3.51. The van der Waals surface area contributed by atoms with E-state index in [-0.39, 0.29) is 0 Å². The van der Waals surface area contributed by atoms with Gasteiger partial charge in [0.15, 0.2) is 0 Å². The summed E-state index contributed by atoms with van der Waals surface area (Å²) >= 11 is 0. The zero-order chi connectivity index (χ0) is 19.0. The third-order valence-corrected chi connectivity index (χ3v) is 7.35. The first-order valence-corrected chi connectivity index (χ1v) is 10.8. The molecule has 0 aliphatic carbocycles. The number of fused-ring (bicyclic) bond motifs is 1. The van der Waals surface area contributed by atoms with Crippen molar-refractivity contribution < 1.29 is 8.95 Å². The van der Waals surface area contributed by atoms with Crippen LogP contribution in [-0.2, 0) is 16.8 Å². The highest BCUT2D eigenvalue weighted by atomic mass is 32.2. The van der Waals surface area contributed by atoms with Crippen molar-refractivity contribution in [2.75, 3.05) is 24.3 Å². The molecular weight excluding hydrogens is 362 g/mol. The van der Waals surface area contributed by atoms with Crippen LogP contribution in [0.1, 0.15) is 19.3 Å². The molecule has 2 N–H and O–H groups in total. The Morgan fingerprint density at radius 1 is 1.22 bits per heavy atom. The number of anilines is 1. The summed E-state index contributed by atoms with van der Waals surface area (Å²) in [6.07, 6.45) is 6.51. The molecule has 1 saturated heterocycles. The molecule has 0 atom stereocenters. The van der Waals surface area contributed by atoms with Crippen molar-refractivity contribution >= 4 is 32.3 Å². The van der Waals surface area contributed by atoms with E-state index in [9.17, 15) is 4.21 Å². The van der Waals surface area contributed by atoms with E-state index in [2.05, 4.69) is 14.3 Å². The molecule has 2 aromatic heterocycles. The van der Waals surface area contributed by atoms with Gasteiger partial charge in [-0.1, -0.05) is 12.5 Å². The molecular formula is C19H23N5O2S. The maximum atomic E-state index is 13.0. The van der Waals surface area contributed by atoms with Crippen LogP contribution in [0.2, 0.25) is 0 Å². The van der Waals surface area contributed by atoms with Gasteiger partial charge < -0.3 is 15.0 Å². The van der Waals surface area contributed by atoms with Crippen LogP contribution in [0, 0.1) is 0 Å². The molecule has 3 heterocycles. The zero-order valence-corrected chi connectivity index (χ0v) is 16.3. The van der Waals surface area contributed by atoms with E-state index in [1.165, 1.54) is 6.33 Å². The van der Waals surface area contributed by atoms with Gasteiger partial charge in [-0.2, -0.15) is 4.36 Å². The SMILES string of the molecule is COc1cc(-c2cn(C)c3ncnc(N)c23)ccc1N=S1(=O)CCCCC1. The standard InChI is InChI=1S/C19H23N5O2S/c1-24-11-14(17-18(20)21-12-22-19(17)24)13-6-7-15(16(10-13)26-2)23-27(25)8-4-3-5-9-27/h6-7,10-12H,3-5,8-9H2,1-2H3,(H2,20,21,22). The summed E-state index contributed by atoms with van der Waals surface area (Å²) in [4.78, 5) is 8.44. The Labute approximate surface area is 158 Å². The number of hydrogen-bond acceptors (Lipinski definition) is 6. The third-order valence-electron chi connectivity index (χ3n) is 4.96. The molecule has 0 bridgehead atoms. The molecule has 0 unspecified atom stereocenters. The van der Waals surface area contributed by atoms with Crippen LogP contribution in [0.4, 0.5) is 11.5 Å².